The molecule has 1 aromatic carbocycles. The number of carbonyl (C=O) groups excluding carboxylic acids is 1. The van der Waals surface area contributed by atoms with E-state index in [-0.39, 0.29) is 28.7 Å². The van der Waals surface area contributed by atoms with Gasteiger partial charge in [-0.2, -0.15) is 0 Å². The second kappa shape index (κ2) is 6.32. The Morgan fingerprint density at radius 1 is 1.40 bits per heavy atom. The molecule has 0 atom stereocenters. The van der Waals surface area contributed by atoms with E-state index in [4.69, 9.17) is 15.4 Å². The number of halogens is 2. The number of rotatable bonds is 4. The molecule has 0 saturated heterocycles. The topological polar surface area (TPSA) is 72.5 Å². The van der Waals surface area contributed by atoms with Gasteiger partial charge in [0.25, 0.3) is 15.0 Å². The average Bonchev–Trinajstić information content (AvgIpc) is 2.23. The third-order valence-electron chi connectivity index (χ3n) is 2.04. The molecule has 1 rings (SSSR count). The van der Waals surface area contributed by atoms with Crippen LogP contribution in [0.3, 0.4) is 0 Å². The average molecular weight is 385 g/mol. The maximum Gasteiger partial charge on any atom is 0.265 e. The third-order valence-corrected chi connectivity index (χ3v) is 3.88. The van der Waals surface area contributed by atoms with Gasteiger partial charge in [-0.15, -0.1) is 0 Å². The van der Waals surface area contributed by atoms with Crippen molar-refractivity contribution in [3.8, 4) is 5.75 Å². The minimum atomic E-state index is -3.95. The highest BCUT2D eigenvalue weighted by Crippen LogP contribution is 2.29. The second-order valence-electron chi connectivity index (χ2n) is 5.12. The summed E-state index contributed by atoms with van der Waals surface area (Å²) in [5, 5.41) is 2.70. The van der Waals surface area contributed by atoms with Crippen LogP contribution < -0.4 is 10.1 Å². The van der Waals surface area contributed by atoms with E-state index in [0.717, 1.165) is 0 Å². The summed E-state index contributed by atoms with van der Waals surface area (Å²) in [4.78, 5) is 11.4. The van der Waals surface area contributed by atoms with E-state index < -0.39 is 9.05 Å². The molecule has 0 heterocycles. The van der Waals surface area contributed by atoms with Crippen LogP contribution in [0, 0.1) is 0 Å². The zero-order valence-corrected chi connectivity index (χ0v) is 14.4. The predicted octanol–water partition coefficient (Wildman–Crippen LogP) is 2.67. The molecule has 8 heteroatoms. The van der Waals surface area contributed by atoms with Crippen molar-refractivity contribution in [2.45, 2.75) is 31.2 Å². The van der Waals surface area contributed by atoms with Crippen LogP contribution in [0.5, 0.6) is 5.75 Å². The van der Waals surface area contributed by atoms with Crippen molar-refractivity contribution in [1.29, 1.82) is 0 Å². The third kappa shape index (κ3) is 5.68. The molecule has 0 aliphatic rings. The van der Waals surface area contributed by atoms with E-state index in [1.165, 1.54) is 12.1 Å². The van der Waals surface area contributed by atoms with Crippen molar-refractivity contribution in [2.75, 3.05) is 6.61 Å². The molecule has 0 radical (unpaired) electrons. The fourth-order valence-corrected chi connectivity index (χ4v) is 2.90. The monoisotopic (exact) mass is 383 g/mol. The molecule has 0 bridgehead atoms. The van der Waals surface area contributed by atoms with Crippen LogP contribution in [-0.2, 0) is 13.8 Å². The molecule has 0 saturated carbocycles. The van der Waals surface area contributed by atoms with Crippen molar-refractivity contribution >= 4 is 41.6 Å². The first-order chi connectivity index (χ1) is 8.99. The van der Waals surface area contributed by atoms with E-state index in [0.29, 0.717) is 4.47 Å². The lowest BCUT2D eigenvalue weighted by atomic mass is 10.1. The van der Waals surface area contributed by atoms with Crippen LogP contribution in [0.15, 0.2) is 27.6 Å². The number of hydrogen-bond donors (Lipinski definition) is 1. The van der Waals surface area contributed by atoms with Gasteiger partial charge in [0.15, 0.2) is 6.61 Å². The Kier molecular flexibility index (Phi) is 5.46. The Labute approximate surface area is 131 Å². The SMILES string of the molecule is CC(C)(C)NC(=O)COc1ccc(Br)cc1S(=O)(=O)Cl. The summed E-state index contributed by atoms with van der Waals surface area (Å²) in [5.41, 5.74) is -0.387. The summed E-state index contributed by atoms with van der Waals surface area (Å²) in [6.45, 7) is 5.20. The largest absolute Gasteiger partial charge is 0.482 e. The van der Waals surface area contributed by atoms with Gasteiger partial charge in [0.05, 0.1) is 0 Å². The van der Waals surface area contributed by atoms with Crippen molar-refractivity contribution in [1.82, 2.24) is 5.32 Å². The maximum absolute atomic E-state index is 11.6. The van der Waals surface area contributed by atoms with Crippen molar-refractivity contribution < 1.29 is 17.9 Å². The quantitative estimate of drug-likeness (QED) is 0.810. The lowest BCUT2D eigenvalue weighted by Crippen LogP contribution is -2.43. The van der Waals surface area contributed by atoms with Gasteiger partial charge in [0.1, 0.15) is 10.6 Å². The van der Waals surface area contributed by atoms with Gasteiger partial charge in [0, 0.05) is 20.7 Å². The standard InChI is InChI=1S/C12H15BrClNO4S/c1-12(2,3)15-11(16)7-19-9-5-4-8(13)6-10(9)20(14,17)18/h4-6H,7H2,1-3H3,(H,15,16). The van der Waals surface area contributed by atoms with Gasteiger partial charge in [-0.1, -0.05) is 15.9 Å². The molecule has 112 valence electrons. The Balaban J connectivity index is 2.87. The minimum absolute atomic E-state index is 0.0345. The molecule has 0 spiro atoms. The summed E-state index contributed by atoms with van der Waals surface area (Å²) >= 11 is 3.15. The Morgan fingerprint density at radius 3 is 2.50 bits per heavy atom. The fraction of sp³-hybridized carbons (Fsp3) is 0.417. The lowest BCUT2D eigenvalue weighted by Gasteiger charge is -2.20. The van der Waals surface area contributed by atoms with Gasteiger partial charge < -0.3 is 10.1 Å². The number of carbonyl (C=O) groups is 1. The van der Waals surface area contributed by atoms with Crippen molar-refractivity contribution in [3.63, 3.8) is 0 Å². The van der Waals surface area contributed by atoms with E-state index in [1.807, 2.05) is 20.8 Å². The Hall–Kier alpha value is -0.790. The molecule has 20 heavy (non-hydrogen) atoms. The predicted molar refractivity (Wildman–Crippen MR) is 80.6 cm³/mol. The van der Waals surface area contributed by atoms with Crippen LogP contribution in [-0.4, -0.2) is 26.5 Å². The number of ether oxygens (including phenoxy) is 1. The van der Waals surface area contributed by atoms with E-state index >= 15 is 0 Å². The highest BCUT2D eigenvalue weighted by molar-refractivity contribution is 9.10. The summed E-state index contributed by atoms with van der Waals surface area (Å²) < 4.78 is 28.7. The van der Waals surface area contributed by atoms with Crippen LogP contribution >= 0.6 is 26.6 Å². The maximum atomic E-state index is 11.6. The van der Waals surface area contributed by atoms with Gasteiger partial charge in [-0.25, -0.2) is 8.42 Å². The molecule has 0 aliphatic heterocycles. The second-order valence-corrected chi connectivity index (χ2v) is 8.57. The Bertz CT molecular complexity index is 610. The molecule has 5 nitrogen and oxygen atoms in total. The highest BCUT2D eigenvalue weighted by atomic mass is 79.9. The van der Waals surface area contributed by atoms with E-state index in [1.54, 1.807) is 6.07 Å². The Morgan fingerprint density at radius 2 is 2.00 bits per heavy atom. The first kappa shape index (κ1) is 17.3. The molecule has 0 aromatic heterocycles. The van der Waals surface area contributed by atoms with Gasteiger partial charge in [-0.05, 0) is 39.0 Å². The fourth-order valence-electron chi connectivity index (χ4n) is 1.39. The normalized spacial score (nSPS) is 12.1. The molecular weight excluding hydrogens is 370 g/mol. The molecule has 1 N–H and O–H groups in total. The number of amides is 1. The van der Waals surface area contributed by atoms with Gasteiger partial charge in [0.2, 0.25) is 0 Å². The van der Waals surface area contributed by atoms with Crippen LogP contribution in [0.1, 0.15) is 20.8 Å². The summed E-state index contributed by atoms with van der Waals surface area (Å²) in [5.74, 6) is -0.314. The molecule has 0 unspecified atom stereocenters. The van der Waals surface area contributed by atoms with Gasteiger partial charge >= 0.3 is 0 Å². The molecule has 0 fully saturated rings. The number of nitrogens with one attached hydrogen (secondary N) is 1. The highest BCUT2D eigenvalue weighted by Gasteiger charge is 2.19. The minimum Gasteiger partial charge on any atom is -0.482 e. The summed E-state index contributed by atoms with van der Waals surface area (Å²) in [6.07, 6.45) is 0. The molecule has 0 aliphatic carbocycles. The van der Waals surface area contributed by atoms with E-state index in [9.17, 15) is 13.2 Å². The zero-order chi connectivity index (χ0) is 15.6. The first-order valence-corrected chi connectivity index (χ1v) is 8.77. The summed E-state index contributed by atoms with van der Waals surface area (Å²) in [6, 6.07) is 4.35. The summed E-state index contributed by atoms with van der Waals surface area (Å²) in [7, 11) is 1.37. The van der Waals surface area contributed by atoms with Crippen LogP contribution in [0.2, 0.25) is 0 Å². The molecular formula is C12H15BrClNO4S. The van der Waals surface area contributed by atoms with Crippen molar-refractivity contribution in [3.05, 3.63) is 22.7 Å². The first-order valence-electron chi connectivity index (χ1n) is 5.67. The van der Waals surface area contributed by atoms with Crippen molar-refractivity contribution in [2.24, 2.45) is 0 Å². The number of hydrogen-bond acceptors (Lipinski definition) is 4. The zero-order valence-electron chi connectivity index (χ0n) is 11.2. The van der Waals surface area contributed by atoms with Gasteiger partial charge in [-0.3, -0.25) is 4.79 Å². The van der Waals surface area contributed by atoms with Crippen LogP contribution in [0.4, 0.5) is 0 Å². The van der Waals surface area contributed by atoms with Crippen LogP contribution in [0.25, 0.3) is 0 Å². The molecule has 1 aromatic rings. The number of benzene rings is 1. The molecule has 1 amide bonds. The van der Waals surface area contributed by atoms with E-state index in [2.05, 4.69) is 21.2 Å². The smallest absolute Gasteiger partial charge is 0.265 e. The lowest BCUT2D eigenvalue weighted by molar-refractivity contribution is -0.124.